The maximum absolute atomic E-state index is 13.4. The zero-order chi connectivity index (χ0) is 21.0. The molecular weight excluding hydrogens is 393 g/mol. The van der Waals surface area contributed by atoms with E-state index < -0.39 is 17.6 Å². The molecule has 0 radical (unpaired) electrons. The summed E-state index contributed by atoms with van der Waals surface area (Å²) in [5, 5.41) is 8.19. The first-order valence-corrected chi connectivity index (χ1v) is 9.79. The van der Waals surface area contributed by atoms with Crippen molar-refractivity contribution in [2.45, 2.75) is 37.4 Å². The van der Waals surface area contributed by atoms with Crippen LogP contribution in [0.25, 0.3) is 0 Å². The molecule has 154 valence electrons. The van der Waals surface area contributed by atoms with Crippen LogP contribution >= 0.6 is 0 Å². The molecule has 2 aromatic carbocycles. The van der Waals surface area contributed by atoms with Crippen molar-refractivity contribution in [3.05, 3.63) is 76.9 Å². The molecule has 8 heteroatoms. The minimum atomic E-state index is -4.49. The van der Waals surface area contributed by atoms with Gasteiger partial charge in [-0.15, -0.1) is 10.2 Å². The van der Waals surface area contributed by atoms with Crippen molar-refractivity contribution in [1.29, 1.82) is 0 Å². The first-order valence-electron chi connectivity index (χ1n) is 9.79. The Morgan fingerprint density at radius 1 is 1.07 bits per heavy atom. The minimum Gasteiger partial charge on any atom is -0.320 e. The molecule has 30 heavy (non-hydrogen) atoms. The Bertz CT molecular complexity index is 1140. The molecule has 5 rings (SSSR count). The van der Waals surface area contributed by atoms with Crippen molar-refractivity contribution in [2.75, 3.05) is 4.90 Å². The number of amides is 1. The lowest BCUT2D eigenvalue weighted by atomic mass is 9.69. The van der Waals surface area contributed by atoms with Gasteiger partial charge in [0.05, 0.1) is 12.1 Å². The number of carbonyl (C=O) groups is 1. The van der Waals surface area contributed by atoms with Gasteiger partial charge in [0.2, 0.25) is 0 Å². The lowest BCUT2D eigenvalue weighted by Crippen LogP contribution is -2.26. The Labute approximate surface area is 171 Å². The molecule has 0 saturated heterocycles. The largest absolute Gasteiger partial charge is 0.416 e. The van der Waals surface area contributed by atoms with Crippen molar-refractivity contribution in [1.82, 2.24) is 14.8 Å². The van der Waals surface area contributed by atoms with Gasteiger partial charge >= 0.3 is 6.18 Å². The van der Waals surface area contributed by atoms with Gasteiger partial charge in [-0.05, 0) is 54.2 Å². The van der Waals surface area contributed by atoms with Gasteiger partial charge in [0, 0.05) is 24.2 Å². The van der Waals surface area contributed by atoms with Crippen LogP contribution in [0, 0.1) is 0 Å². The van der Waals surface area contributed by atoms with Crippen LogP contribution in [0.4, 0.5) is 18.9 Å². The monoisotopic (exact) mass is 412 g/mol. The molecule has 1 amide bonds. The highest BCUT2D eigenvalue weighted by Gasteiger charge is 2.40. The SMILES string of the molecule is Cn1cnnc1[C@@H]1CC[C@@H]1c1cccc(N2Cc3c(cccc3C(F)(F)F)C2=O)c1. The molecule has 1 aliphatic heterocycles. The number of anilines is 1. The fourth-order valence-electron chi connectivity index (χ4n) is 4.57. The van der Waals surface area contributed by atoms with Crippen LogP contribution < -0.4 is 4.90 Å². The summed E-state index contributed by atoms with van der Waals surface area (Å²) in [5.74, 6) is 1.03. The summed E-state index contributed by atoms with van der Waals surface area (Å²) < 4.78 is 42.1. The third-order valence-corrected chi connectivity index (χ3v) is 6.24. The Hall–Kier alpha value is -3.16. The highest BCUT2D eigenvalue weighted by molar-refractivity contribution is 6.10. The fourth-order valence-corrected chi connectivity index (χ4v) is 4.57. The zero-order valence-corrected chi connectivity index (χ0v) is 16.2. The topological polar surface area (TPSA) is 51.0 Å². The first kappa shape index (κ1) is 18.8. The van der Waals surface area contributed by atoms with Crippen LogP contribution in [-0.4, -0.2) is 20.7 Å². The van der Waals surface area contributed by atoms with Crippen LogP contribution in [0.1, 0.15) is 57.6 Å². The number of halogens is 3. The van der Waals surface area contributed by atoms with Crippen molar-refractivity contribution in [3.8, 4) is 0 Å². The van der Waals surface area contributed by atoms with E-state index in [1.54, 1.807) is 12.4 Å². The van der Waals surface area contributed by atoms with Crippen LogP contribution in [0.3, 0.4) is 0 Å². The Balaban J connectivity index is 1.45. The molecule has 1 aromatic heterocycles. The highest BCUT2D eigenvalue weighted by Crippen LogP contribution is 2.49. The van der Waals surface area contributed by atoms with Gasteiger partial charge in [0.25, 0.3) is 5.91 Å². The average Bonchev–Trinajstić information content (AvgIpc) is 3.24. The second kappa shape index (κ2) is 6.68. The number of hydrogen-bond donors (Lipinski definition) is 0. The van der Waals surface area contributed by atoms with Gasteiger partial charge in [-0.2, -0.15) is 13.2 Å². The van der Waals surface area contributed by atoms with E-state index in [-0.39, 0.29) is 29.5 Å². The third-order valence-electron chi connectivity index (χ3n) is 6.24. The lowest BCUT2D eigenvalue weighted by Gasteiger charge is -2.36. The van der Waals surface area contributed by atoms with Crippen LogP contribution in [0.15, 0.2) is 48.8 Å². The van der Waals surface area contributed by atoms with Crippen molar-refractivity contribution in [2.24, 2.45) is 7.05 Å². The van der Waals surface area contributed by atoms with E-state index in [4.69, 9.17) is 0 Å². The highest BCUT2D eigenvalue weighted by atomic mass is 19.4. The lowest BCUT2D eigenvalue weighted by molar-refractivity contribution is -0.138. The van der Waals surface area contributed by atoms with Gasteiger partial charge in [-0.25, -0.2) is 0 Å². The van der Waals surface area contributed by atoms with Gasteiger partial charge in [-0.3, -0.25) is 4.79 Å². The smallest absolute Gasteiger partial charge is 0.320 e. The molecule has 5 nitrogen and oxygen atoms in total. The molecule has 0 unspecified atom stereocenters. The summed E-state index contributed by atoms with van der Waals surface area (Å²) in [6.45, 7) is -0.0787. The van der Waals surface area contributed by atoms with Crippen molar-refractivity contribution in [3.63, 3.8) is 0 Å². The minimum absolute atomic E-state index is 0.0426. The summed E-state index contributed by atoms with van der Waals surface area (Å²) in [6.07, 6.45) is -0.809. The third kappa shape index (κ3) is 2.89. The van der Waals surface area contributed by atoms with E-state index in [0.29, 0.717) is 5.69 Å². The average molecular weight is 412 g/mol. The van der Waals surface area contributed by atoms with E-state index in [0.717, 1.165) is 30.3 Å². The number of alkyl halides is 3. The molecule has 0 N–H and O–H groups in total. The van der Waals surface area contributed by atoms with E-state index >= 15 is 0 Å². The first-order chi connectivity index (χ1) is 14.3. The Morgan fingerprint density at radius 2 is 1.83 bits per heavy atom. The summed E-state index contributed by atoms with van der Waals surface area (Å²) in [6, 6.07) is 11.3. The van der Waals surface area contributed by atoms with Gasteiger partial charge < -0.3 is 9.47 Å². The van der Waals surface area contributed by atoms with Crippen LogP contribution in [0.5, 0.6) is 0 Å². The van der Waals surface area contributed by atoms with Gasteiger partial charge in [0.15, 0.2) is 0 Å². The zero-order valence-electron chi connectivity index (χ0n) is 16.2. The summed E-state index contributed by atoms with van der Waals surface area (Å²) in [7, 11) is 1.92. The Kier molecular flexibility index (Phi) is 4.20. The van der Waals surface area contributed by atoms with Gasteiger partial charge in [-0.1, -0.05) is 18.2 Å². The van der Waals surface area contributed by atoms with E-state index in [9.17, 15) is 18.0 Å². The Morgan fingerprint density at radius 3 is 2.50 bits per heavy atom. The summed E-state index contributed by atoms with van der Waals surface area (Å²) in [4.78, 5) is 14.3. The number of fused-ring (bicyclic) bond motifs is 1. The maximum atomic E-state index is 13.4. The molecule has 2 aliphatic rings. The van der Waals surface area contributed by atoms with E-state index in [2.05, 4.69) is 10.2 Å². The maximum Gasteiger partial charge on any atom is 0.416 e. The number of benzene rings is 2. The fraction of sp³-hybridized carbons (Fsp3) is 0.318. The quantitative estimate of drug-likeness (QED) is 0.629. The van der Waals surface area contributed by atoms with Crippen molar-refractivity contribution >= 4 is 11.6 Å². The van der Waals surface area contributed by atoms with Gasteiger partial charge in [0.1, 0.15) is 12.2 Å². The number of hydrogen-bond acceptors (Lipinski definition) is 3. The second-order valence-corrected chi connectivity index (χ2v) is 7.91. The van der Waals surface area contributed by atoms with Crippen LogP contribution in [0.2, 0.25) is 0 Å². The normalized spacial score (nSPS) is 20.9. The number of aryl methyl sites for hydroxylation is 1. The molecule has 1 fully saturated rings. The van der Waals surface area contributed by atoms with Crippen LogP contribution in [-0.2, 0) is 19.8 Å². The molecule has 0 bridgehead atoms. The molecule has 3 aromatic rings. The predicted octanol–water partition coefficient (Wildman–Crippen LogP) is 4.66. The summed E-state index contributed by atoms with van der Waals surface area (Å²) in [5.41, 5.74) is 1.10. The number of aromatic nitrogens is 3. The van der Waals surface area contributed by atoms with Crippen molar-refractivity contribution < 1.29 is 18.0 Å². The molecule has 2 heterocycles. The summed E-state index contributed by atoms with van der Waals surface area (Å²) >= 11 is 0. The number of nitrogens with zero attached hydrogens (tertiary/aromatic N) is 4. The second-order valence-electron chi connectivity index (χ2n) is 7.91. The standard InChI is InChI=1S/C22H19F3N4O/c1-28-12-26-27-20(28)16-9-8-15(16)13-4-2-5-14(10-13)29-11-18-17(21(29)30)6-3-7-19(18)22(23,24)25/h2-7,10,12,15-16H,8-9,11H2,1H3/t15-,16-/m1/s1. The molecule has 1 aliphatic carbocycles. The molecular formula is C22H19F3N4O. The predicted molar refractivity (Wildman–Crippen MR) is 104 cm³/mol. The molecule has 2 atom stereocenters. The van der Waals surface area contributed by atoms with E-state index in [1.807, 2.05) is 29.8 Å². The number of rotatable bonds is 3. The van der Waals surface area contributed by atoms with E-state index in [1.165, 1.54) is 17.0 Å². The number of carbonyl (C=O) groups excluding carboxylic acids is 1. The molecule has 0 spiro atoms. The molecule has 1 saturated carbocycles.